The minimum Gasteiger partial charge on any atom is -0.365 e. The molecule has 1 atom stereocenters. The van der Waals surface area contributed by atoms with Gasteiger partial charge in [0.25, 0.3) is 5.78 Å². The first-order valence-electron chi connectivity index (χ1n) is 6.89. The number of hydrogen-bond donors (Lipinski definition) is 1. The summed E-state index contributed by atoms with van der Waals surface area (Å²) in [5, 5.41) is 7.62. The van der Waals surface area contributed by atoms with Crippen LogP contribution < -0.4 is 5.32 Å². The van der Waals surface area contributed by atoms with Gasteiger partial charge in [0.1, 0.15) is 12.1 Å². The van der Waals surface area contributed by atoms with Crippen LogP contribution in [0.3, 0.4) is 0 Å². The van der Waals surface area contributed by atoms with Gasteiger partial charge in [-0.25, -0.2) is 4.98 Å². The van der Waals surface area contributed by atoms with E-state index in [4.69, 9.17) is 0 Å². The molecule has 7 nitrogen and oxygen atoms in total. The molecule has 20 heavy (non-hydrogen) atoms. The Bertz CT molecular complexity index is 637. The third-order valence-electron chi connectivity index (χ3n) is 3.58. The maximum atomic E-state index is 11.7. The molecule has 0 spiro atoms. The van der Waals surface area contributed by atoms with Gasteiger partial charge in [-0.2, -0.15) is 14.6 Å². The molecular weight excluding hydrogens is 256 g/mol. The van der Waals surface area contributed by atoms with E-state index in [0.717, 1.165) is 31.0 Å². The van der Waals surface area contributed by atoms with Crippen molar-refractivity contribution in [1.82, 2.24) is 24.5 Å². The van der Waals surface area contributed by atoms with E-state index in [-0.39, 0.29) is 11.9 Å². The van der Waals surface area contributed by atoms with E-state index in [2.05, 4.69) is 20.4 Å². The van der Waals surface area contributed by atoms with Crippen LogP contribution in [0.5, 0.6) is 0 Å². The molecule has 7 heteroatoms. The van der Waals surface area contributed by atoms with Crippen LogP contribution in [-0.4, -0.2) is 49.5 Å². The number of aryl methyl sites for hydroxylation is 1. The van der Waals surface area contributed by atoms with E-state index in [1.54, 1.807) is 4.52 Å². The Morgan fingerprint density at radius 3 is 3.20 bits per heavy atom. The molecule has 3 heterocycles. The van der Waals surface area contributed by atoms with E-state index in [9.17, 15) is 4.79 Å². The van der Waals surface area contributed by atoms with Gasteiger partial charge >= 0.3 is 0 Å². The number of hydrogen-bond acceptors (Lipinski definition) is 5. The van der Waals surface area contributed by atoms with Gasteiger partial charge in [0.05, 0.1) is 0 Å². The maximum absolute atomic E-state index is 11.7. The molecule has 1 N–H and O–H groups in total. The van der Waals surface area contributed by atoms with E-state index in [1.807, 2.05) is 24.8 Å². The number of carbonyl (C=O) groups is 1. The summed E-state index contributed by atoms with van der Waals surface area (Å²) in [5.74, 6) is 1.68. The van der Waals surface area contributed by atoms with Crippen LogP contribution in [0.1, 0.15) is 25.5 Å². The van der Waals surface area contributed by atoms with Crippen LogP contribution in [0.15, 0.2) is 12.4 Å². The second-order valence-corrected chi connectivity index (χ2v) is 5.08. The molecule has 1 amide bonds. The van der Waals surface area contributed by atoms with Gasteiger partial charge in [-0.05, 0) is 13.3 Å². The SMILES string of the molecule is CCC(=O)N1CCC(Nc2cc(C)nc3ncnn23)C1. The van der Waals surface area contributed by atoms with Crippen LogP contribution in [0.25, 0.3) is 5.78 Å². The zero-order valence-electron chi connectivity index (χ0n) is 11.7. The summed E-state index contributed by atoms with van der Waals surface area (Å²) < 4.78 is 1.69. The van der Waals surface area contributed by atoms with Crippen molar-refractivity contribution in [3.8, 4) is 0 Å². The first kappa shape index (κ1) is 12.8. The van der Waals surface area contributed by atoms with Gasteiger partial charge < -0.3 is 10.2 Å². The van der Waals surface area contributed by atoms with Crippen molar-refractivity contribution in [1.29, 1.82) is 0 Å². The fraction of sp³-hybridized carbons (Fsp3) is 0.538. The Morgan fingerprint density at radius 2 is 2.40 bits per heavy atom. The second-order valence-electron chi connectivity index (χ2n) is 5.08. The van der Waals surface area contributed by atoms with Crippen LogP contribution in [0.2, 0.25) is 0 Å². The minimum atomic E-state index is 0.214. The molecule has 1 aliphatic rings. The molecule has 1 aliphatic heterocycles. The second kappa shape index (κ2) is 5.07. The zero-order chi connectivity index (χ0) is 14.1. The number of carbonyl (C=O) groups excluding carboxylic acids is 1. The number of likely N-dealkylation sites (tertiary alicyclic amines) is 1. The summed E-state index contributed by atoms with van der Waals surface area (Å²) in [4.78, 5) is 22.0. The average molecular weight is 274 g/mol. The summed E-state index contributed by atoms with van der Waals surface area (Å²) in [6.45, 7) is 5.38. The van der Waals surface area contributed by atoms with E-state index >= 15 is 0 Å². The Hall–Kier alpha value is -2.18. The highest BCUT2D eigenvalue weighted by molar-refractivity contribution is 5.76. The predicted octanol–water partition coefficient (Wildman–Crippen LogP) is 0.856. The molecule has 0 radical (unpaired) electrons. The van der Waals surface area contributed by atoms with Crippen LogP contribution in [0, 0.1) is 6.92 Å². The molecule has 0 bridgehead atoms. The minimum absolute atomic E-state index is 0.214. The molecule has 2 aromatic heterocycles. The lowest BCUT2D eigenvalue weighted by molar-refractivity contribution is -0.129. The van der Waals surface area contributed by atoms with Crippen LogP contribution in [-0.2, 0) is 4.79 Å². The normalized spacial score (nSPS) is 18.7. The molecule has 1 saturated heterocycles. The summed E-state index contributed by atoms with van der Waals surface area (Å²) in [5.41, 5.74) is 0.896. The first-order chi connectivity index (χ1) is 9.67. The summed E-state index contributed by atoms with van der Waals surface area (Å²) in [6.07, 6.45) is 3.01. The summed E-state index contributed by atoms with van der Waals surface area (Å²) in [6, 6.07) is 2.20. The van der Waals surface area contributed by atoms with Gasteiger partial charge in [0.15, 0.2) is 0 Å². The van der Waals surface area contributed by atoms with Crippen molar-refractivity contribution in [2.75, 3.05) is 18.4 Å². The van der Waals surface area contributed by atoms with Crippen molar-refractivity contribution in [2.24, 2.45) is 0 Å². The van der Waals surface area contributed by atoms with Crippen molar-refractivity contribution in [2.45, 2.75) is 32.7 Å². The number of nitrogens with zero attached hydrogens (tertiary/aromatic N) is 5. The Labute approximate surface area is 117 Å². The lowest BCUT2D eigenvalue weighted by Gasteiger charge is -2.17. The van der Waals surface area contributed by atoms with Crippen LogP contribution in [0.4, 0.5) is 5.82 Å². The van der Waals surface area contributed by atoms with Crippen molar-refractivity contribution >= 4 is 17.5 Å². The summed E-state index contributed by atoms with van der Waals surface area (Å²) >= 11 is 0. The number of anilines is 1. The molecule has 1 unspecified atom stereocenters. The van der Waals surface area contributed by atoms with E-state index in [1.165, 1.54) is 6.33 Å². The zero-order valence-corrected chi connectivity index (χ0v) is 11.7. The van der Waals surface area contributed by atoms with Gasteiger partial charge in [-0.1, -0.05) is 6.92 Å². The van der Waals surface area contributed by atoms with E-state index in [0.29, 0.717) is 12.2 Å². The highest BCUT2D eigenvalue weighted by Gasteiger charge is 2.25. The van der Waals surface area contributed by atoms with Crippen molar-refractivity contribution < 1.29 is 4.79 Å². The highest BCUT2D eigenvalue weighted by atomic mass is 16.2. The monoisotopic (exact) mass is 274 g/mol. The van der Waals surface area contributed by atoms with Gasteiger partial charge in [0, 0.05) is 37.3 Å². The molecule has 0 aliphatic carbocycles. The molecule has 2 aromatic rings. The van der Waals surface area contributed by atoms with Crippen molar-refractivity contribution in [3.05, 3.63) is 18.1 Å². The fourth-order valence-corrected chi connectivity index (χ4v) is 2.57. The average Bonchev–Trinajstić information content (AvgIpc) is 3.06. The molecule has 0 aromatic carbocycles. The molecule has 3 rings (SSSR count). The lowest BCUT2D eigenvalue weighted by atomic mass is 10.2. The number of amides is 1. The Morgan fingerprint density at radius 1 is 1.55 bits per heavy atom. The quantitative estimate of drug-likeness (QED) is 0.898. The van der Waals surface area contributed by atoms with Crippen LogP contribution >= 0.6 is 0 Å². The maximum Gasteiger partial charge on any atom is 0.254 e. The highest BCUT2D eigenvalue weighted by Crippen LogP contribution is 2.17. The van der Waals surface area contributed by atoms with E-state index < -0.39 is 0 Å². The topological polar surface area (TPSA) is 75.4 Å². The third-order valence-corrected chi connectivity index (χ3v) is 3.58. The molecule has 106 valence electrons. The van der Waals surface area contributed by atoms with Crippen molar-refractivity contribution in [3.63, 3.8) is 0 Å². The smallest absolute Gasteiger partial charge is 0.254 e. The Kier molecular flexibility index (Phi) is 3.25. The largest absolute Gasteiger partial charge is 0.365 e. The third kappa shape index (κ3) is 2.31. The number of nitrogens with one attached hydrogen (secondary N) is 1. The van der Waals surface area contributed by atoms with Gasteiger partial charge in [-0.15, -0.1) is 0 Å². The predicted molar refractivity (Wildman–Crippen MR) is 74.4 cm³/mol. The Balaban J connectivity index is 1.77. The molecular formula is C13H18N6O. The first-order valence-corrected chi connectivity index (χ1v) is 6.89. The lowest BCUT2D eigenvalue weighted by Crippen LogP contribution is -2.31. The standard InChI is InChI=1S/C13H18N6O/c1-3-12(20)18-5-4-10(7-18)17-11-6-9(2)16-13-14-8-15-19(11)13/h6,8,10,17H,3-5,7H2,1-2H3. The number of rotatable bonds is 3. The molecule has 1 fully saturated rings. The van der Waals surface area contributed by atoms with Gasteiger partial charge in [0.2, 0.25) is 5.91 Å². The summed E-state index contributed by atoms with van der Waals surface area (Å²) in [7, 11) is 0. The van der Waals surface area contributed by atoms with Gasteiger partial charge in [-0.3, -0.25) is 4.79 Å². The number of fused-ring (bicyclic) bond motifs is 1. The molecule has 0 saturated carbocycles. The fourth-order valence-electron chi connectivity index (χ4n) is 2.57. The number of aromatic nitrogens is 4.